The normalized spacial score (nSPS) is 14.0. The Bertz CT molecular complexity index is 226. The molecule has 0 fully saturated rings. The molecule has 0 amide bonds. The van der Waals surface area contributed by atoms with Crippen molar-refractivity contribution in [2.75, 3.05) is 0 Å². The second kappa shape index (κ2) is 7.85. The van der Waals surface area contributed by atoms with Crippen LogP contribution in [-0.2, 0) is 9.53 Å². The van der Waals surface area contributed by atoms with Crippen molar-refractivity contribution in [3.8, 4) is 0 Å². The summed E-state index contributed by atoms with van der Waals surface area (Å²) in [4.78, 5) is 21.6. The van der Waals surface area contributed by atoms with Crippen molar-refractivity contribution in [3.63, 3.8) is 0 Å². The van der Waals surface area contributed by atoms with Gasteiger partial charge in [0, 0.05) is 0 Å². The molecule has 0 radical (unpaired) electrons. The van der Waals surface area contributed by atoms with Gasteiger partial charge >= 0.3 is 104 Å². The van der Waals surface area contributed by atoms with Gasteiger partial charge in [-0.15, -0.1) is 0 Å². The quantitative estimate of drug-likeness (QED) is 0.438. The Morgan fingerprint density at radius 3 is 2.56 bits per heavy atom. The first kappa shape index (κ1) is 15.7. The van der Waals surface area contributed by atoms with Gasteiger partial charge in [0.25, 0.3) is 0 Å². The summed E-state index contributed by atoms with van der Waals surface area (Å²) >= 11 is -0.663. The molecular formula is C11H22AsNO3. The third-order valence-corrected chi connectivity index (χ3v) is 3.89. The van der Waals surface area contributed by atoms with E-state index in [0.717, 1.165) is 24.3 Å². The molecule has 0 aliphatic heterocycles. The summed E-state index contributed by atoms with van der Waals surface area (Å²) in [5, 5.41) is 0.917. The maximum atomic E-state index is 11.4. The van der Waals surface area contributed by atoms with Gasteiger partial charge in [0.15, 0.2) is 0 Å². The molecule has 0 aromatic heterocycles. The Balaban J connectivity index is 3.45. The van der Waals surface area contributed by atoms with Crippen molar-refractivity contribution < 1.29 is 14.3 Å². The van der Waals surface area contributed by atoms with Crippen molar-refractivity contribution in [1.29, 1.82) is 0 Å². The van der Waals surface area contributed by atoms with E-state index in [1.54, 1.807) is 0 Å². The van der Waals surface area contributed by atoms with Crippen LogP contribution in [0.4, 0.5) is 4.79 Å². The number of hydrogen-bond acceptors (Lipinski definition) is 4. The molecule has 2 N–H and O–H groups in total. The second-order valence-corrected chi connectivity index (χ2v) is 7.37. The molecule has 4 nitrogen and oxygen atoms in total. The van der Waals surface area contributed by atoms with Crippen molar-refractivity contribution in [2.45, 2.75) is 56.9 Å². The SMILES string of the molecule is CC(C)(C)OC(=O)[AsH]CCCC[C@H](N)C=O. The van der Waals surface area contributed by atoms with Crippen LogP contribution in [0.1, 0.15) is 40.0 Å². The number of nitrogens with two attached hydrogens (primary N) is 1. The van der Waals surface area contributed by atoms with Gasteiger partial charge in [0.05, 0.1) is 0 Å². The molecule has 0 aliphatic carbocycles. The molecule has 5 heteroatoms. The van der Waals surface area contributed by atoms with Gasteiger partial charge in [-0.25, -0.2) is 0 Å². The van der Waals surface area contributed by atoms with Crippen molar-refractivity contribution in [3.05, 3.63) is 0 Å². The number of unbranched alkanes of at least 4 members (excludes halogenated alkanes) is 1. The first-order valence-corrected chi connectivity index (χ1v) is 8.06. The number of hydrogen-bond donors (Lipinski definition) is 1. The van der Waals surface area contributed by atoms with E-state index in [-0.39, 0.29) is 16.4 Å². The zero-order valence-corrected chi connectivity index (χ0v) is 12.4. The van der Waals surface area contributed by atoms with Crippen LogP contribution >= 0.6 is 0 Å². The van der Waals surface area contributed by atoms with Gasteiger partial charge in [-0.2, -0.15) is 0 Å². The van der Waals surface area contributed by atoms with Gasteiger partial charge < -0.3 is 0 Å². The Labute approximate surface area is 104 Å². The van der Waals surface area contributed by atoms with Gasteiger partial charge in [0.2, 0.25) is 0 Å². The molecule has 0 aliphatic rings. The number of rotatable bonds is 7. The molecular weight excluding hydrogens is 269 g/mol. The Morgan fingerprint density at radius 1 is 1.44 bits per heavy atom. The zero-order chi connectivity index (χ0) is 12.6. The summed E-state index contributed by atoms with van der Waals surface area (Å²) in [5.74, 6) is 0. The summed E-state index contributed by atoms with van der Waals surface area (Å²) in [7, 11) is 0. The van der Waals surface area contributed by atoms with Crippen LogP contribution in [0.2, 0.25) is 5.21 Å². The number of aldehydes is 1. The molecule has 0 saturated carbocycles. The van der Waals surface area contributed by atoms with E-state index >= 15 is 0 Å². The summed E-state index contributed by atoms with van der Waals surface area (Å²) < 4.78 is 5.19. The van der Waals surface area contributed by atoms with Crippen LogP contribution in [-0.4, -0.2) is 38.4 Å². The fourth-order valence-corrected chi connectivity index (χ4v) is 3.20. The van der Waals surface area contributed by atoms with Gasteiger partial charge in [-0.05, 0) is 0 Å². The average molecular weight is 291 g/mol. The van der Waals surface area contributed by atoms with E-state index in [1.165, 1.54) is 0 Å². The first-order chi connectivity index (χ1) is 7.35. The number of carbonyl (C=O) groups excluding carboxylic acids is 2. The minimum absolute atomic E-state index is 0.0350. The van der Waals surface area contributed by atoms with Crippen molar-refractivity contribution >= 4 is 26.8 Å². The van der Waals surface area contributed by atoms with Crippen molar-refractivity contribution in [1.82, 2.24) is 0 Å². The third kappa shape index (κ3) is 10.2. The average Bonchev–Trinajstić information content (AvgIpc) is 2.14. The van der Waals surface area contributed by atoms with Crippen molar-refractivity contribution in [2.24, 2.45) is 5.73 Å². The number of carbonyl (C=O) groups is 2. The van der Waals surface area contributed by atoms with Gasteiger partial charge in [-0.3, -0.25) is 0 Å². The fraction of sp³-hybridized carbons (Fsp3) is 0.818. The molecule has 16 heavy (non-hydrogen) atoms. The third-order valence-electron chi connectivity index (χ3n) is 1.81. The maximum absolute atomic E-state index is 11.4. The molecule has 94 valence electrons. The Hall–Kier alpha value is -0.342. The second-order valence-electron chi connectivity index (χ2n) is 4.72. The predicted molar refractivity (Wildman–Crippen MR) is 66.1 cm³/mol. The Morgan fingerprint density at radius 2 is 2.06 bits per heavy atom. The monoisotopic (exact) mass is 291 g/mol. The fourth-order valence-electron chi connectivity index (χ4n) is 1.08. The van der Waals surface area contributed by atoms with E-state index < -0.39 is 15.8 Å². The summed E-state index contributed by atoms with van der Waals surface area (Å²) in [6, 6.07) is -0.346. The van der Waals surface area contributed by atoms with Gasteiger partial charge in [-0.1, -0.05) is 0 Å². The molecule has 0 spiro atoms. The topological polar surface area (TPSA) is 69.4 Å². The van der Waals surface area contributed by atoms with E-state index in [1.807, 2.05) is 20.8 Å². The molecule has 0 bridgehead atoms. The van der Waals surface area contributed by atoms with Crippen LogP contribution in [0, 0.1) is 0 Å². The number of ether oxygens (including phenoxy) is 1. The van der Waals surface area contributed by atoms with E-state index in [0.29, 0.717) is 6.42 Å². The molecule has 0 saturated heterocycles. The molecule has 0 aromatic rings. The van der Waals surface area contributed by atoms with Crippen LogP contribution in [0.15, 0.2) is 0 Å². The Kier molecular flexibility index (Phi) is 7.69. The first-order valence-electron chi connectivity index (χ1n) is 5.53. The van der Waals surface area contributed by atoms with Crippen LogP contribution in [0.25, 0.3) is 0 Å². The van der Waals surface area contributed by atoms with Crippen LogP contribution in [0.5, 0.6) is 0 Å². The predicted octanol–water partition coefficient (Wildman–Crippen LogP) is 1.47. The van der Waals surface area contributed by atoms with Crippen LogP contribution < -0.4 is 5.73 Å². The summed E-state index contributed by atoms with van der Waals surface area (Å²) in [6.07, 6.45) is 3.35. The molecule has 0 aromatic carbocycles. The molecule has 0 heterocycles. The standard InChI is InChI=1S/C11H22AsNO3/c1-11(2,3)16-10(15)12-7-5-4-6-9(13)8-14/h8-9,12H,4-7,13H2,1-3H3/t9-/m0/s1. The van der Waals surface area contributed by atoms with E-state index in [2.05, 4.69) is 0 Å². The minimum atomic E-state index is -0.663. The van der Waals surface area contributed by atoms with Gasteiger partial charge in [0.1, 0.15) is 0 Å². The summed E-state index contributed by atoms with van der Waals surface area (Å²) in [6.45, 7) is 5.63. The van der Waals surface area contributed by atoms with E-state index in [4.69, 9.17) is 10.5 Å². The van der Waals surface area contributed by atoms with E-state index in [9.17, 15) is 9.59 Å². The molecule has 2 atom stereocenters. The summed E-state index contributed by atoms with van der Waals surface area (Å²) in [5.41, 5.74) is 5.07. The van der Waals surface area contributed by atoms with Crippen LogP contribution in [0.3, 0.4) is 0 Å². The molecule has 1 unspecified atom stereocenters. The molecule has 0 rings (SSSR count). The zero-order valence-electron chi connectivity index (χ0n) is 10.3.